The molecule has 1 aliphatic rings. The molecule has 1 aliphatic heterocycles. The highest BCUT2D eigenvalue weighted by Crippen LogP contribution is 2.32. The summed E-state index contributed by atoms with van der Waals surface area (Å²) in [5.41, 5.74) is 1.71. The first-order valence-electron chi connectivity index (χ1n) is 10.1. The van der Waals surface area contributed by atoms with E-state index >= 15 is 0 Å². The van der Waals surface area contributed by atoms with Crippen LogP contribution in [0.3, 0.4) is 0 Å². The van der Waals surface area contributed by atoms with Crippen molar-refractivity contribution in [3.05, 3.63) is 64.3 Å². The summed E-state index contributed by atoms with van der Waals surface area (Å²) in [6.45, 7) is 0.979. The molecule has 10 heteroatoms. The topological polar surface area (TPSA) is 91.7 Å². The molecule has 1 N–H and O–H groups in total. The van der Waals surface area contributed by atoms with Gasteiger partial charge in [0.1, 0.15) is 23.7 Å². The number of nitrogens with one attached hydrogen (secondary N) is 1. The molecule has 5 rings (SSSR count). The lowest BCUT2D eigenvalue weighted by Gasteiger charge is -2.19. The smallest absolute Gasteiger partial charge is 0.276 e. The normalized spacial score (nSPS) is 12.5. The number of thioether (sulfide) groups is 1. The van der Waals surface area contributed by atoms with E-state index in [1.165, 1.54) is 27.7 Å². The number of fused-ring (bicyclic) bond motifs is 2. The van der Waals surface area contributed by atoms with E-state index in [1.807, 2.05) is 5.38 Å². The molecule has 0 spiro atoms. The van der Waals surface area contributed by atoms with E-state index in [4.69, 9.17) is 14.2 Å². The molecule has 0 saturated carbocycles. The number of nitrogens with zero attached hydrogens (tertiary/aromatic N) is 2. The van der Waals surface area contributed by atoms with Crippen LogP contribution < -0.4 is 25.1 Å². The number of amides is 1. The van der Waals surface area contributed by atoms with Crippen LogP contribution in [0.2, 0.25) is 0 Å². The number of hydrogen-bond donors (Lipinski definition) is 1. The van der Waals surface area contributed by atoms with Crippen LogP contribution in [-0.4, -0.2) is 41.5 Å². The molecular weight excluding hydrogens is 462 g/mol. The SMILES string of the molecule is COc1ccc(-n2c(SCC(=O)Nc3ccc4c(c3)OCCO4)nc3ccsc3c2=O)cc1. The molecule has 0 saturated heterocycles. The zero-order valence-electron chi connectivity index (χ0n) is 17.6. The maximum Gasteiger partial charge on any atom is 0.276 e. The standard InChI is InChI=1S/C23H19N3O5S2/c1-29-16-5-3-15(4-6-16)26-22(28)21-17(8-11-32-21)25-23(26)33-13-20(27)24-14-2-7-18-19(12-14)31-10-9-30-18/h2-8,11-12H,9-10,13H2,1H3,(H,24,27). The van der Waals surface area contributed by atoms with E-state index in [2.05, 4.69) is 10.3 Å². The summed E-state index contributed by atoms with van der Waals surface area (Å²) in [5.74, 6) is 1.80. The van der Waals surface area contributed by atoms with Crippen molar-refractivity contribution in [2.75, 3.05) is 31.4 Å². The number of carbonyl (C=O) groups is 1. The molecule has 4 aromatic rings. The molecule has 0 atom stereocenters. The molecule has 168 valence electrons. The van der Waals surface area contributed by atoms with Crippen LogP contribution in [0, 0.1) is 0 Å². The van der Waals surface area contributed by atoms with Gasteiger partial charge in [-0.1, -0.05) is 11.8 Å². The largest absolute Gasteiger partial charge is 0.497 e. The van der Waals surface area contributed by atoms with Gasteiger partial charge in [0, 0.05) is 11.8 Å². The van der Waals surface area contributed by atoms with Gasteiger partial charge in [-0.3, -0.25) is 14.2 Å². The number of ether oxygens (including phenoxy) is 3. The van der Waals surface area contributed by atoms with Crippen LogP contribution in [0.5, 0.6) is 17.2 Å². The summed E-state index contributed by atoms with van der Waals surface area (Å²) in [4.78, 5) is 30.5. The van der Waals surface area contributed by atoms with Crippen molar-refractivity contribution in [2.24, 2.45) is 0 Å². The van der Waals surface area contributed by atoms with Gasteiger partial charge in [0.15, 0.2) is 16.7 Å². The van der Waals surface area contributed by atoms with Crippen molar-refractivity contribution >= 4 is 44.9 Å². The Bertz CT molecular complexity index is 1380. The van der Waals surface area contributed by atoms with Gasteiger partial charge in [-0.25, -0.2) is 4.98 Å². The molecule has 8 nitrogen and oxygen atoms in total. The van der Waals surface area contributed by atoms with Crippen molar-refractivity contribution in [3.63, 3.8) is 0 Å². The van der Waals surface area contributed by atoms with Gasteiger partial charge >= 0.3 is 0 Å². The minimum atomic E-state index is -0.224. The number of anilines is 1. The van der Waals surface area contributed by atoms with Crippen molar-refractivity contribution in [1.29, 1.82) is 0 Å². The number of benzene rings is 2. The molecule has 1 amide bonds. The average Bonchev–Trinajstić information content (AvgIpc) is 3.32. The third-order valence-electron chi connectivity index (χ3n) is 4.94. The molecule has 0 unspecified atom stereocenters. The summed E-state index contributed by atoms with van der Waals surface area (Å²) in [6, 6.07) is 14.2. The second-order valence-electron chi connectivity index (χ2n) is 7.06. The Morgan fingerprint density at radius 3 is 2.73 bits per heavy atom. The molecule has 33 heavy (non-hydrogen) atoms. The van der Waals surface area contributed by atoms with Crippen LogP contribution in [0.1, 0.15) is 0 Å². The number of carbonyl (C=O) groups excluding carboxylic acids is 1. The highest BCUT2D eigenvalue weighted by molar-refractivity contribution is 7.99. The van der Waals surface area contributed by atoms with E-state index in [9.17, 15) is 9.59 Å². The van der Waals surface area contributed by atoms with Crippen LogP contribution in [0.4, 0.5) is 5.69 Å². The average molecular weight is 482 g/mol. The van der Waals surface area contributed by atoms with Crippen LogP contribution in [-0.2, 0) is 4.79 Å². The Labute approximate surface area is 197 Å². The molecular formula is C23H19N3O5S2. The number of hydrogen-bond acceptors (Lipinski definition) is 8. The van der Waals surface area contributed by atoms with Crippen LogP contribution in [0.25, 0.3) is 15.9 Å². The monoisotopic (exact) mass is 481 g/mol. The molecule has 3 heterocycles. The van der Waals surface area contributed by atoms with Crippen molar-refractivity contribution in [2.45, 2.75) is 5.16 Å². The van der Waals surface area contributed by atoms with Gasteiger partial charge in [-0.15, -0.1) is 11.3 Å². The van der Waals surface area contributed by atoms with E-state index in [0.717, 1.165) is 0 Å². The Kier molecular flexibility index (Phi) is 5.93. The predicted octanol–water partition coefficient (Wildman–Crippen LogP) is 3.96. The van der Waals surface area contributed by atoms with Gasteiger partial charge in [0.25, 0.3) is 5.56 Å². The maximum atomic E-state index is 13.2. The van der Waals surface area contributed by atoms with E-state index in [0.29, 0.717) is 57.2 Å². The molecule has 0 radical (unpaired) electrons. The first kappa shape index (κ1) is 21.4. The molecule has 0 fully saturated rings. The second-order valence-corrected chi connectivity index (χ2v) is 8.92. The lowest BCUT2D eigenvalue weighted by atomic mass is 10.2. The fourth-order valence-electron chi connectivity index (χ4n) is 3.40. The first-order valence-corrected chi connectivity index (χ1v) is 12.0. The lowest BCUT2D eigenvalue weighted by Crippen LogP contribution is -2.22. The Balaban J connectivity index is 1.39. The number of thiophene rings is 1. The van der Waals surface area contributed by atoms with Crippen molar-refractivity contribution in [3.8, 4) is 22.9 Å². The van der Waals surface area contributed by atoms with E-state index < -0.39 is 0 Å². The number of methoxy groups -OCH3 is 1. The highest BCUT2D eigenvalue weighted by Gasteiger charge is 2.17. The molecule has 0 aliphatic carbocycles. The summed E-state index contributed by atoms with van der Waals surface area (Å²) < 4.78 is 18.4. The van der Waals surface area contributed by atoms with Gasteiger partial charge in [-0.05, 0) is 47.8 Å². The predicted molar refractivity (Wildman–Crippen MR) is 129 cm³/mol. The van der Waals surface area contributed by atoms with Crippen molar-refractivity contribution in [1.82, 2.24) is 9.55 Å². The van der Waals surface area contributed by atoms with Gasteiger partial charge < -0.3 is 19.5 Å². The van der Waals surface area contributed by atoms with Gasteiger partial charge in [0.05, 0.1) is 24.1 Å². The third kappa shape index (κ3) is 4.39. The minimum Gasteiger partial charge on any atom is -0.497 e. The third-order valence-corrected chi connectivity index (χ3v) is 6.77. The first-order chi connectivity index (χ1) is 16.1. The zero-order valence-corrected chi connectivity index (χ0v) is 19.2. The Hall–Kier alpha value is -3.50. The fourth-order valence-corrected chi connectivity index (χ4v) is 4.97. The Morgan fingerprint density at radius 2 is 1.94 bits per heavy atom. The minimum absolute atomic E-state index is 0.0761. The number of rotatable bonds is 6. The summed E-state index contributed by atoms with van der Waals surface area (Å²) >= 11 is 2.54. The summed E-state index contributed by atoms with van der Waals surface area (Å²) in [6.07, 6.45) is 0. The fraction of sp³-hybridized carbons (Fsp3) is 0.174. The highest BCUT2D eigenvalue weighted by atomic mass is 32.2. The molecule has 0 bridgehead atoms. The summed E-state index contributed by atoms with van der Waals surface area (Å²) in [7, 11) is 1.59. The van der Waals surface area contributed by atoms with Crippen LogP contribution >= 0.6 is 23.1 Å². The number of aromatic nitrogens is 2. The van der Waals surface area contributed by atoms with Gasteiger partial charge in [-0.2, -0.15) is 0 Å². The molecule has 2 aromatic heterocycles. The maximum absolute atomic E-state index is 13.2. The summed E-state index contributed by atoms with van der Waals surface area (Å²) in [5, 5.41) is 5.13. The van der Waals surface area contributed by atoms with Crippen molar-refractivity contribution < 1.29 is 19.0 Å². The van der Waals surface area contributed by atoms with E-state index in [1.54, 1.807) is 55.6 Å². The Morgan fingerprint density at radius 1 is 1.15 bits per heavy atom. The second kappa shape index (κ2) is 9.16. The zero-order chi connectivity index (χ0) is 22.8. The van der Waals surface area contributed by atoms with E-state index in [-0.39, 0.29) is 17.2 Å². The lowest BCUT2D eigenvalue weighted by molar-refractivity contribution is -0.113. The quantitative estimate of drug-likeness (QED) is 0.329. The van der Waals surface area contributed by atoms with Gasteiger partial charge in [0.2, 0.25) is 5.91 Å². The molecule has 2 aromatic carbocycles. The van der Waals surface area contributed by atoms with Crippen LogP contribution in [0.15, 0.2) is 63.9 Å².